The van der Waals surface area contributed by atoms with Crippen molar-refractivity contribution in [3.05, 3.63) is 48.0 Å². The molecule has 0 aromatic heterocycles. The van der Waals surface area contributed by atoms with Crippen molar-refractivity contribution >= 4 is 17.5 Å². The molecule has 1 unspecified atom stereocenters. The van der Waals surface area contributed by atoms with E-state index in [1.165, 1.54) is 7.11 Å². The lowest BCUT2D eigenvalue weighted by atomic mass is 10.0. The van der Waals surface area contributed by atoms with Gasteiger partial charge in [0.15, 0.2) is 18.1 Å². The molecule has 1 aliphatic rings. The summed E-state index contributed by atoms with van der Waals surface area (Å²) in [5.74, 6) is 0.997. The van der Waals surface area contributed by atoms with Gasteiger partial charge in [0, 0.05) is 24.7 Å². The fourth-order valence-corrected chi connectivity index (χ4v) is 3.74. The Morgan fingerprint density at radius 2 is 1.81 bits per heavy atom. The van der Waals surface area contributed by atoms with Crippen molar-refractivity contribution in [2.45, 2.75) is 18.9 Å². The summed E-state index contributed by atoms with van der Waals surface area (Å²) in [6.07, 6.45) is 2.07. The van der Waals surface area contributed by atoms with Crippen LogP contribution in [0.3, 0.4) is 0 Å². The molecule has 32 heavy (non-hydrogen) atoms. The molecule has 2 amide bonds. The lowest BCUT2D eigenvalue weighted by Crippen LogP contribution is -2.47. The van der Waals surface area contributed by atoms with E-state index in [9.17, 15) is 9.59 Å². The van der Waals surface area contributed by atoms with Crippen molar-refractivity contribution in [1.29, 1.82) is 0 Å². The van der Waals surface area contributed by atoms with E-state index < -0.39 is 0 Å². The van der Waals surface area contributed by atoms with Gasteiger partial charge in [-0.3, -0.25) is 9.59 Å². The Balaban J connectivity index is 1.63. The van der Waals surface area contributed by atoms with Crippen LogP contribution in [0.5, 0.6) is 17.2 Å². The van der Waals surface area contributed by atoms with Crippen LogP contribution in [0.2, 0.25) is 0 Å². The zero-order valence-corrected chi connectivity index (χ0v) is 19.1. The standard InChI is InChI=1S/C24H31N3O5/c1-26(2)18-8-7-13-27(15-18)24(29)17-11-12-21(22(14-17)31-4)32-16-23(28)25-19-9-5-6-10-20(19)30-3/h5-6,9-12,14,18H,7-8,13,15-16H2,1-4H3,(H,25,28). The molecule has 0 saturated carbocycles. The van der Waals surface area contributed by atoms with Crippen molar-refractivity contribution in [2.24, 2.45) is 0 Å². The predicted octanol–water partition coefficient (Wildman–Crippen LogP) is 2.89. The first kappa shape index (κ1) is 23.4. The number of benzene rings is 2. The lowest BCUT2D eigenvalue weighted by molar-refractivity contribution is -0.118. The van der Waals surface area contributed by atoms with Crippen molar-refractivity contribution in [3.63, 3.8) is 0 Å². The van der Waals surface area contributed by atoms with Crippen molar-refractivity contribution in [1.82, 2.24) is 9.80 Å². The average molecular weight is 442 g/mol. The van der Waals surface area contributed by atoms with E-state index >= 15 is 0 Å². The Morgan fingerprint density at radius 3 is 2.53 bits per heavy atom. The number of nitrogens with zero attached hydrogens (tertiary/aromatic N) is 2. The molecule has 1 atom stereocenters. The van der Waals surface area contributed by atoms with Gasteiger partial charge in [-0.25, -0.2) is 0 Å². The maximum absolute atomic E-state index is 13.0. The van der Waals surface area contributed by atoms with Gasteiger partial charge in [0.2, 0.25) is 0 Å². The zero-order chi connectivity index (χ0) is 23.1. The van der Waals surface area contributed by atoms with Gasteiger partial charge in [-0.2, -0.15) is 0 Å². The minimum absolute atomic E-state index is 0.0321. The summed E-state index contributed by atoms with van der Waals surface area (Å²) >= 11 is 0. The Kier molecular flexibility index (Phi) is 7.94. The van der Waals surface area contributed by atoms with Crippen LogP contribution in [-0.2, 0) is 4.79 Å². The second-order valence-electron chi connectivity index (χ2n) is 7.91. The fourth-order valence-electron chi connectivity index (χ4n) is 3.74. The number of carbonyl (C=O) groups excluding carboxylic acids is 2. The number of carbonyl (C=O) groups is 2. The van der Waals surface area contributed by atoms with Crippen LogP contribution in [0.1, 0.15) is 23.2 Å². The summed E-state index contributed by atoms with van der Waals surface area (Å²) in [4.78, 5) is 29.4. The second kappa shape index (κ2) is 10.9. The van der Waals surface area contributed by atoms with Crippen LogP contribution in [0, 0.1) is 0 Å². The number of anilines is 1. The molecule has 8 heteroatoms. The van der Waals surface area contributed by atoms with E-state index in [1.807, 2.05) is 25.1 Å². The molecule has 0 aliphatic carbocycles. The summed E-state index contributed by atoms with van der Waals surface area (Å²) in [7, 11) is 7.13. The van der Waals surface area contributed by atoms with E-state index in [1.54, 1.807) is 43.5 Å². The number of likely N-dealkylation sites (N-methyl/N-ethyl adjacent to an activating group) is 1. The molecule has 1 heterocycles. The van der Waals surface area contributed by atoms with E-state index in [-0.39, 0.29) is 18.4 Å². The SMILES string of the molecule is COc1ccccc1NC(=O)COc1ccc(C(=O)N2CCCC(N(C)C)C2)cc1OC. The smallest absolute Gasteiger partial charge is 0.262 e. The normalized spacial score (nSPS) is 15.9. The highest BCUT2D eigenvalue weighted by Gasteiger charge is 2.26. The summed E-state index contributed by atoms with van der Waals surface area (Å²) in [5, 5.41) is 2.76. The first-order valence-corrected chi connectivity index (χ1v) is 10.6. The molecule has 3 rings (SSSR count). The molecule has 1 aliphatic heterocycles. The summed E-state index contributed by atoms with van der Waals surface area (Å²) < 4.78 is 16.3. The summed E-state index contributed by atoms with van der Waals surface area (Å²) in [6.45, 7) is 1.24. The molecule has 2 aromatic carbocycles. The Morgan fingerprint density at radius 1 is 1.06 bits per heavy atom. The number of ether oxygens (including phenoxy) is 3. The minimum atomic E-state index is -0.334. The number of hydrogen-bond donors (Lipinski definition) is 1. The molecular weight excluding hydrogens is 410 g/mol. The third-order valence-corrected chi connectivity index (χ3v) is 5.56. The van der Waals surface area contributed by atoms with E-state index in [0.717, 1.165) is 19.4 Å². The molecular formula is C24H31N3O5. The molecule has 1 fully saturated rings. The molecule has 0 spiro atoms. The highest BCUT2D eigenvalue weighted by Crippen LogP contribution is 2.29. The molecule has 8 nitrogen and oxygen atoms in total. The molecule has 0 bridgehead atoms. The Labute approximate surface area is 189 Å². The van der Waals surface area contributed by atoms with Crippen LogP contribution >= 0.6 is 0 Å². The first-order valence-electron chi connectivity index (χ1n) is 10.6. The van der Waals surface area contributed by atoms with Gasteiger partial charge in [-0.05, 0) is 57.3 Å². The van der Waals surface area contributed by atoms with E-state index in [2.05, 4.69) is 10.2 Å². The molecule has 2 aromatic rings. The van der Waals surface area contributed by atoms with Crippen molar-refractivity contribution < 1.29 is 23.8 Å². The molecule has 172 valence electrons. The zero-order valence-electron chi connectivity index (χ0n) is 19.1. The number of para-hydroxylation sites is 2. The second-order valence-corrected chi connectivity index (χ2v) is 7.91. The number of methoxy groups -OCH3 is 2. The molecule has 1 saturated heterocycles. The van der Waals surface area contributed by atoms with Gasteiger partial charge in [0.1, 0.15) is 5.75 Å². The van der Waals surface area contributed by atoms with Gasteiger partial charge in [-0.15, -0.1) is 0 Å². The van der Waals surface area contributed by atoms with Gasteiger partial charge >= 0.3 is 0 Å². The number of piperidine rings is 1. The Bertz CT molecular complexity index is 947. The first-order chi connectivity index (χ1) is 15.4. The van der Waals surface area contributed by atoms with Gasteiger partial charge in [0.25, 0.3) is 11.8 Å². The maximum Gasteiger partial charge on any atom is 0.262 e. The maximum atomic E-state index is 13.0. The Hall–Kier alpha value is -3.26. The van der Waals surface area contributed by atoms with Crippen LogP contribution < -0.4 is 19.5 Å². The largest absolute Gasteiger partial charge is 0.495 e. The van der Waals surface area contributed by atoms with Gasteiger partial charge < -0.3 is 29.3 Å². The number of nitrogens with one attached hydrogen (secondary N) is 1. The number of amides is 2. The van der Waals surface area contributed by atoms with Crippen LogP contribution in [-0.4, -0.2) is 75.7 Å². The topological polar surface area (TPSA) is 80.3 Å². The summed E-state index contributed by atoms with van der Waals surface area (Å²) in [5.41, 5.74) is 1.10. The van der Waals surface area contributed by atoms with E-state index in [4.69, 9.17) is 14.2 Å². The third kappa shape index (κ3) is 5.70. The van der Waals surface area contributed by atoms with E-state index in [0.29, 0.717) is 41.1 Å². The predicted molar refractivity (Wildman–Crippen MR) is 123 cm³/mol. The lowest BCUT2D eigenvalue weighted by Gasteiger charge is -2.36. The third-order valence-electron chi connectivity index (χ3n) is 5.56. The number of rotatable bonds is 8. The average Bonchev–Trinajstić information content (AvgIpc) is 2.82. The number of hydrogen-bond acceptors (Lipinski definition) is 6. The monoisotopic (exact) mass is 441 g/mol. The highest BCUT2D eigenvalue weighted by atomic mass is 16.5. The fraction of sp³-hybridized carbons (Fsp3) is 0.417. The van der Waals surface area contributed by atoms with Crippen molar-refractivity contribution in [3.8, 4) is 17.2 Å². The van der Waals surface area contributed by atoms with Gasteiger partial charge in [-0.1, -0.05) is 12.1 Å². The number of likely N-dealkylation sites (tertiary alicyclic amines) is 1. The van der Waals surface area contributed by atoms with Crippen molar-refractivity contribution in [2.75, 3.05) is 53.3 Å². The highest BCUT2D eigenvalue weighted by molar-refractivity contribution is 5.95. The molecule has 1 N–H and O–H groups in total. The quantitative estimate of drug-likeness (QED) is 0.679. The summed E-state index contributed by atoms with van der Waals surface area (Å²) in [6, 6.07) is 12.5. The van der Waals surface area contributed by atoms with Crippen LogP contribution in [0.25, 0.3) is 0 Å². The minimum Gasteiger partial charge on any atom is -0.495 e. The molecule has 0 radical (unpaired) electrons. The van der Waals surface area contributed by atoms with Gasteiger partial charge in [0.05, 0.1) is 19.9 Å². The van der Waals surface area contributed by atoms with Crippen LogP contribution in [0.15, 0.2) is 42.5 Å². The van der Waals surface area contributed by atoms with Crippen LogP contribution in [0.4, 0.5) is 5.69 Å².